The van der Waals surface area contributed by atoms with Crippen molar-refractivity contribution in [1.82, 2.24) is 19.3 Å². The van der Waals surface area contributed by atoms with Gasteiger partial charge in [-0.25, -0.2) is 12.7 Å². The normalized spacial score (nSPS) is 16.2. The molecule has 0 radical (unpaired) electrons. The Hall–Kier alpha value is -3.53. The SMILES string of the molecule is Cc1ccc(-c2noc(CN(C(=O)[C@@H]3CCC(=O)N3S(=O)(=O)c3ccc(C)cc3)C(C)C)n2)cc1. The smallest absolute Gasteiger partial charge is 0.267 e. The number of carbonyl (C=O) groups excluding carboxylic acids is 2. The number of sulfonamides is 1. The third-order valence-electron chi connectivity index (χ3n) is 6.01. The Morgan fingerprint density at radius 1 is 1.09 bits per heavy atom. The number of benzene rings is 2. The van der Waals surface area contributed by atoms with Gasteiger partial charge >= 0.3 is 0 Å². The third kappa shape index (κ3) is 4.97. The molecular weight excluding hydrogens is 468 g/mol. The van der Waals surface area contributed by atoms with E-state index in [1.165, 1.54) is 17.0 Å². The molecule has 0 unspecified atom stereocenters. The molecule has 1 aliphatic rings. The zero-order valence-corrected chi connectivity index (χ0v) is 20.9. The first-order chi connectivity index (χ1) is 16.6. The summed E-state index contributed by atoms with van der Waals surface area (Å²) in [6.07, 6.45) is 0.0932. The summed E-state index contributed by atoms with van der Waals surface area (Å²) in [6.45, 7) is 7.44. The van der Waals surface area contributed by atoms with Gasteiger partial charge in [0.05, 0.1) is 4.90 Å². The second-order valence-corrected chi connectivity index (χ2v) is 10.8. The topological polar surface area (TPSA) is 114 Å². The van der Waals surface area contributed by atoms with E-state index in [1.807, 2.05) is 52.0 Å². The Kier molecular flexibility index (Phi) is 6.75. The number of hydrogen-bond acceptors (Lipinski definition) is 7. The Morgan fingerprint density at radius 2 is 1.69 bits per heavy atom. The lowest BCUT2D eigenvalue weighted by atomic mass is 10.1. The van der Waals surface area contributed by atoms with Crippen LogP contribution in [0.4, 0.5) is 0 Å². The standard InChI is InChI=1S/C25H28N4O5S/c1-16(2)28(15-22-26-24(27-34-22)19-9-5-17(3)6-10-19)25(31)21-13-14-23(30)29(21)35(32,33)20-11-7-18(4)8-12-20/h5-12,16,21H,13-15H2,1-4H3/t21-/m0/s1. The van der Waals surface area contributed by atoms with Gasteiger partial charge in [-0.1, -0.05) is 52.7 Å². The van der Waals surface area contributed by atoms with Crippen LogP contribution in [0.2, 0.25) is 0 Å². The maximum atomic E-state index is 13.6. The first kappa shape index (κ1) is 24.6. The van der Waals surface area contributed by atoms with Crippen LogP contribution in [0.25, 0.3) is 11.4 Å². The molecule has 2 aromatic carbocycles. The summed E-state index contributed by atoms with van der Waals surface area (Å²) >= 11 is 0. The molecule has 4 rings (SSSR count). The molecule has 2 amide bonds. The second-order valence-electron chi connectivity index (χ2n) is 9.00. The highest BCUT2D eigenvalue weighted by Crippen LogP contribution is 2.29. The zero-order valence-electron chi connectivity index (χ0n) is 20.1. The summed E-state index contributed by atoms with van der Waals surface area (Å²) < 4.78 is 32.7. The molecule has 1 aliphatic heterocycles. The number of rotatable bonds is 7. The van der Waals surface area contributed by atoms with Crippen LogP contribution < -0.4 is 0 Å². The first-order valence-electron chi connectivity index (χ1n) is 11.4. The van der Waals surface area contributed by atoms with E-state index in [2.05, 4.69) is 10.1 Å². The van der Waals surface area contributed by atoms with Gasteiger partial charge in [-0.15, -0.1) is 0 Å². The molecule has 184 valence electrons. The molecule has 0 saturated carbocycles. The Labute approximate surface area is 204 Å². The van der Waals surface area contributed by atoms with E-state index in [9.17, 15) is 18.0 Å². The maximum Gasteiger partial charge on any atom is 0.267 e. The molecule has 9 nitrogen and oxygen atoms in total. The van der Waals surface area contributed by atoms with E-state index >= 15 is 0 Å². The quantitative estimate of drug-likeness (QED) is 0.492. The molecule has 2 heterocycles. The van der Waals surface area contributed by atoms with Gasteiger partial charge in [-0.05, 0) is 46.2 Å². The van der Waals surface area contributed by atoms with Crippen LogP contribution in [0.5, 0.6) is 0 Å². The maximum absolute atomic E-state index is 13.6. The van der Waals surface area contributed by atoms with Crippen LogP contribution in [0.1, 0.15) is 43.7 Å². The van der Waals surface area contributed by atoms with Gasteiger partial charge in [-0.2, -0.15) is 4.98 Å². The molecule has 1 saturated heterocycles. The average Bonchev–Trinajstić information content (AvgIpc) is 3.44. The van der Waals surface area contributed by atoms with Crippen molar-refractivity contribution in [2.75, 3.05) is 0 Å². The minimum atomic E-state index is -4.18. The number of nitrogens with zero attached hydrogens (tertiary/aromatic N) is 4. The van der Waals surface area contributed by atoms with Crippen LogP contribution in [0, 0.1) is 13.8 Å². The summed E-state index contributed by atoms with van der Waals surface area (Å²) in [7, 11) is -4.18. The summed E-state index contributed by atoms with van der Waals surface area (Å²) in [4.78, 5) is 32.1. The minimum absolute atomic E-state index is 0.00152. The van der Waals surface area contributed by atoms with Crippen molar-refractivity contribution in [2.24, 2.45) is 0 Å². The van der Waals surface area contributed by atoms with E-state index in [0.29, 0.717) is 5.82 Å². The monoisotopic (exact) mass is 496 g/mol. The van der Waals surface area contributed by atoms with Crippen LogP contribution in [0.15, 0.2) is 57.9 Å². The molecule has 0 aliphatic carbocycles. The minimum Gasteiger partial charge on any atom is -0.337 e. The highest BCUT2D eigenvalue weighted by atomic mass is 32.2. The van der Waals surface area contributed by atoms with Crippen molar-refractivity contribution >= 4 is 21.8 Å². The third-order valence-corrected chi connectivity index (χ3v) is 7.86. The molecule has 0 spiro atoms. The number of aromatic nitrogens is 2. The molecule has 0 bridgehead atoms. The Bertz CT molecular complexity index is 1330. The summed E-state index contributed by atoms with van der Waals surface area (Å²) in [6, 6.07) is 12.4. The lowest BCUT2D eigenvalue weighted by molar-refractivity contribution is -0.140. The van der Waals surface area contributed by atoms with Crippen LogP contribution in [0.3, 0.4) is 0 Å². The van der Waals surface area contributed by atoms with E-state index in [-0.39, 0.29) is 36.2 Å². The second kappa shape index (κ2) is 9.61. The van der Waals surface area contributed by atoms with E-state index in [4.69, 9.17) is 4.52 Å². The predicted octanol–water partition coefficient (Wildman–Crippen LogP) is 3.47. The molecule has 35 heavy (non-hydrogen) atoms. The van der Waals surface area contributed by atoms with Crippen LogP contribution in [-0.4, -0.2) is 51.7 Å². The highest BCUT2D eigenvalue weighted by Gasteiger charge is 2.46. The molecule has 1 atom stereocenters. The van der Waals surface area contributed by atoms with Crippen LogP contribution in [-0.2, 0) is 26.2 Å². The first-order valence-corrected chi connectivity index (χ1v) is 12.9. The zero-order chi connectivity index (χ0) is 25.3. The molecule has 1 aromatic heterocycles. The fourth-order valence-corrected chi connectivity index (χ4v) is 5.60. The summed E-state index contributed by atoms with van der Waals surface area (Å²) in [5, 5.41) is 4.01. The van der Waals surface area contributed by atoms with Crippen molar-refractivity contribution < 1.29 is 22.5 Å². The van der Waals surface area contributed by atoms with Gasteiger partial charge in [0.1, 0.15) is 12.6 Å². The number of carbonyl (C=O) groups is 2. The van der Waals surface area contributed by atoms with Gasteiger partial charge in [0, 0.05) is 18.0 Å². The van der Waals surface area contributed by atoms with Crippen LogP contribution >= 0.6 is 0 Å². The number of amides is 2. The number of aryl methyl sites for hydroxylation is 2. The Balaban J connectivity index is 1.58. The fourth-order valence-electron chi connectivity index (χ4n) is 4.00. The van der Waals surface area contributed by atoms with Crippen molar-refractivity contribution in [1.29, 1.82) is 0 Å². The molecule has 10 heteroatoms. The largest absolute Gasteiger partial charge is 0.337 e. The average molecular weight is 497 g/mol. The van der Waals surface area contributed by atoms with Gasteiger partial charge in [0.15, 0.2) is 0 Å². The van der Waals surface area contributed by atoms with Gasteiger partial charge in [0.25, 0.3) is 10.0 Å². The van der Waals surface area contributed by atoms with Crippen molar-refractivity contribution in [2.45, 2.75) is 64.1 Å². The predicted molar refractivity (Wildman–Crippen MR) is 128 cm³/mol. The van der Waals surface area contributed by atoms with E-state index < -0.39 is 27.9 Å². The molecular formula is C25H28N4O5S. The Morgan fingerprint density at radius 3 is 2.29 bits per heavy atom. The van der Waals surface area contributed by atoms with Gasteiger partial charge in [-0.3, -0.25) is 9.59 Å². The summed E-state index contributed by atoms with van der Waals surface area (Å²) in [5.74, 6) is -0.445. The number of hydrogen-bond donors (Lipinski definition) is 0. The van der Waals surface area contributed by atoms with Crippen molar-refractivity contribution in [3.8, 4) is 11.4 Å². The molecule has 1 fully saturated rings. The lowest BCUT2D eigenvalue weighted by Gasteiger charge is -2.31. The van der Waals surface area contributed by atoms with Crippen molar-refractivity contribution in [3.05, 3.63) is 65.5 Å². The lowest BCUT2D eigenvalue weighted by Crippen LogP contribution is -2.50. The molecule has 0 N–H and O–H groups in total. The fraction of sp³-hybridized carbons (Fsp3) is 0.360. The van der Waals surface area contributed by atoms with E-state index in [0.717, 1.165) is 21.0 Å². The summed E-state index contributed by atoms with van der Waals surface area (Å²) in [5.41, 5.74) is 2.77. The van der Waals surface area contributed by atoms with Gasteiger partial charge < -0.3 is 9.42 Å². The molecule has 3 aromatic rings. The van der Waals surface area contributed by atoms with Crippen molar-refractivity contribution in [3.63, 3.8) is 0 Å². The highest BCUT2D eigenvalue weighted by molar-refractivity contribution is 7.89. The van der Waals surface area contributed by atoms with Gasteiger partial charge in [0.2, 0.25) is 23.5 Å². The van der Waals surface area contributed by atoms with E-state index in [1.54, 1.807) is 12.1 Å².